The van der Waals surface area contributed by atoms with Gasteiger partial charge in [0.1, 0.15) is 0 Å². The Bertz CT molecular complexity index is 284. The van der Waals surface area contributed by atoms with Gasteiger partial charge in [-0.1, -0.05) is 12.1 Å². The Hall–Kier alpha value is -1.06. The van der Waals surface area contributed by atoms with Gasteiger partial charge in [-0.15, -0.1) is 0 Å². The summed E-state index contributed by atoms with van der Waals surface area (Å²) in [5.41, 5.74) is 7.72. The van der Waals surface area contributed by atoms with Crippen molar-refractivity contribution in [1.29, 1.82) is 0 Å². The quantitative estimate of drug-likeness (QED) is 0.749. The second kappa shape index (κ2) is 5.73. The number of nitrogens with zero attached hydrogens (tertiary/aromatic N) is 1. The Morgan fingerprint density at radius 3 is 2.47 bits per heavy atom. The molecule has 1 rings (SSSR count). The van der Waals surface area contributed by atoms with Crippen molar-refractivity contribution in [3.05, 3.63) is 29.8 Å². The number of likely N-dealkylation sites (N-methyl/N-ethyl adjacent to an activating group) is 1. The van der Waals surface area contributed by atoms with Crippen LogP contribution in [-0.4, -0.2) is 31.7 Å². The molecule has 0 aromatic heterocycles. The summed E-state index contributed by atoms with van der Waals surface area (Å²) in [6, 6.07) is 8.41. The monoisotopic (exact) mass is 208 g/mol. The Kier molecular flexibility index (Phi) is 4.59. The van der Waals surface area contributed by atoms with Crippen molar-refractivity contribution in [3.8, 4) is 0 Å². The van der Waals surface area contributed by atoms with E-state index in [9.17, 15) is 0 Å². The van der Waals surface area contributed by atoms with Crippen LogP contribution >= 0.6 is 0 Å². The van der Waals surface area contributed by atoms with Crippen LogP contribution < -0.4 is 5.73 Å². The second-order valence-corrected chi connectivity index (χ2v) is 3.96. The molecule has 0 amide bonds. The molecule has 0 spiro atoms. The number of hydrogen-bond acceptors (Lipinski definition) is 3. The van der Waals surface area contributed by atoms with E-state index >= 15 is 0 Å². The van der Waals surface area contributed by atoms with Crippen molar-refractivity contribution < 1.29 is 4.74 Å². The lowest BCUT2D eigenvalue weighted by Crippen LogP contribution is -2.32. The lowest BCUT2D eigenvalue weighted by atomic mass is 10.2. The Morgan fingerprint density at radius 1 is 1.33 bits per heavy atom. The predicted octanol–water partition coefficient (Wildman–Crippen LogP) is 1.74. The van der Waals surface area contributed by atoms with Crippen LogP contribution in [0.2, 0.25) is 0 Å². The zero-order valence-electron chi connectivity index (χ0n) is 9.73. The topological polar surface area (TPSA) is 38.5 Å². The van der Waals surface area contributed by atoms with Gasteiger partial charge in [0.2, 0.25) is 0 Å². The molecular weight excluding hydrogens is 188 g/mol. The average Bonchev–Trinajstić information content (AvgIpc) is 2.22. The molecule has 3 heteroatoms. The van der Waals surface area contributed by atoms with Gasteiger partial charge in [-0.05, 0) is 31.7 Å². The van der Waals surface area contributed by atoms with E-state index in [1.165, 1.54) is 5.56 Å². The molecule has 0 heterocycles. The minimum atomic E-state index is 0.424. The van der Waals surface area contributed by atoms with Gasteiger partial charge in [-0.2, -0.15) is 0 Å². The van der Waals surface area contributed by atoms with E-state index in [-0.39, 0.29) is 0 Å². The molecule has 0 aliphatic heterocycles. The van der Waals surface area contributed by atoms with E-state index in [0.717, 1.165) is 18.8 Å². The first-order chi connectivity index (χ1) is 7.13. The highest BCUT2D eigenvalue weighted by Gasteiger charge is 2.08. The standard InChI is InChI=1S/C12H20N2O/c1-10(9-15-3)14(2)8-11-4-6-12(13)7-5-11/h4-7,10H,8-9,13H2,1-3H3. The van der Waals surface area contributed by atoms with Gasteiger partial charge in [0.25, 0.3) is 0 Å². The summed E-state index contributed by atoms with van der Waals surface area (Å²) in [6.45, 7) is 3.83. The molecule has 15 heavy (non-hydrogen) atoms. The van der Waals surface area contributed by atoms with Crippen LogP contribution in [0.5, 0.6) is 0 Å². The summed E-state index contributed by atoms with van der Waals surface area (Å²) in [5.74, 6) is 0. The van der Waals surface area contributed by atoms with Crippen molar-refractivity contribution in [2.45, 2.75) is 19.5 Å². The van der Waals surface area contributed by atoms with E-state index in [1.54, 1.807) is 7.11 Å². The molecule has 0 aliphatic carbocycles. The summed E-state index contributed by atoms with van der Waals surface area (Å²) in [5, 5.41) is 0. The second-order valence-electron chi connectivity index (χ2n) is 3.96. The van der Waals surface area contributed by atoms with E-state index in [1.807, 2.05) is 12.1 Å². The highest BCUT2D eigenvalue weighted by atomic mass is 16.5. The van der Waals surface area contributed by atoms with Crippen LogP contribution in [-0.2, 0) is 11.3 Å². The number of rotatable bonds is 5. The van der Waals surface area contributed by atoms with Gasteiger partial charge in [-0.25, -0.2) is 0 Å². The van der Waals surface area contributed by atoms with Crippen molar-refractivity contribution in [2.75, 3.05) is 26.5 Å². The average molecular weight is 208 g/mol. The van der Waals surface area contributed by atoms with Gasteiger partial charge < -0.3 is 10.5 Å². The van der Waals surface area contributed by atoms with Crippen molar-refractivity contribution >= 4 is 5.69 Å². The fraction of sp³-hybridized carbons (Fsp3) is 0.500. The maximum Gasteiger partial charge on any atom is 0.0615 e. The third kappa shape index (κ3) is 3.90. The number of benzene rings is 1. The zero-order valence-corrected chi connectivity index (χ0v) is 9.73. The Morgan fingerprint density at radius 2 is 1.93 bits per heavy atom. The minimum absolute atomic E-state index is 0.424. The Labute approximate surface area is 91.8 Å². The molecular formula is C12H20N2O. The molecule has 1 aromatic carbocycles. The van der Waals surface area contributed by atoms with Crippen LogP contribution in [0.15, 0.2) is 24.3 Å². The third-order valence-corrected chi connectivity index (χ3v) is 2.57. The molecule has 0 saturated heterocycles. The summed E-state index contributed by atoms with van der Waals surface area (Å²) in [6.07, 6.45) is 0. The molecule has 0 radical (unpaired) electrons. The van der Waals surface area contributed by atoms with Crippen LogP contribution in [0.4, 0.5) is 5.69 Å². The highest BCUT2D eigenvalue weighted by Crippen LogP contribution is 2.09. The molecule has 0 aliphatic rings. The van der Waals surface area contributed by atoms with Crippen LogP contribution in [0.3, 0.4) is 0 Å². The molecule has 0 fully saturated rings. The lowest BCUT2D eigenvalue weighted by molar-refractivity contribution is 0.112. The number of anilines is 1. The fourth-order valence-corrected chi connectivity index (χ4v) is 1.44. The zero-order chi connectivity index (χ0) is 11.3. The van der Waals surface area contributed by atoms with Gasteiger partial charge in [0.15, 0.2) is 0 Å². The first-order valence-electron chi connectivity index (χ1n) is 5.17. The van der Waals surface area contributed by atoms with Crippen molar-refractivity contribution in [3.63, 3.8) is 0 Å². The van der Waals surface area contributed by atoms with Crippen LogP contribution in [0.1, 0.15) is 12.5 Å². The van der Waals surface area contributed by atoms with Crippen molar-refractivity contribution in [2.24, 2.45) is 0 Å². The number of hydrogen-bond donors (Lipinski definition) is 1. The minimum Gasteiger partial charge on any atom is -0.399 e. The van der Waals surface area contributed by atoms with Gasteiger partial charge in [-0.3, -0.25) is 4.90 Å². The number of nitrogens with two attached hydrogens (primary N) is 1. The van der Waals surface area contributed by atoms with Gasteiger partial charge in [0, 0.05) is 25.4 Å². The molecule has 0 saturated carbocycles. The van der Waals surface area contributed by atoms with E-state index in [4.69, 9.17) is 10.5 Å². The number of methoxy groups -OCH3 is 1. The maximum absolute atomic E-state index is 5.63. The highest BCUT2D eigenvalue weighted by molar-refractivity contribution is 5.39. The number of ether oxygens (including phenoxy) is 1. The normalized spacial score (nSPS) is 13.1. The molecule has 2 N–H and O–H groups in total. The fourth-order valence-electron chi connectivity index (χ4n) is 1.44. The van der Waals surface area contributed by atoms with E-state index in [2.05, 4.69) is 31.0 Å². The molecule has 0 bridgehead atoms. The van der Waals surface area contributed by atoms with E-state index in [0.29, 0.717) is 6.04 Å². The maximum atomic E-state index is 5.63. The number of nitrogen functional groups attached to an aromatic ring is 1. The summed E-state index contributed by atoms with van der Waals surface area (Å²) >= 11 is 0. The molecule has 1 aromatic rings. The third-order valence-electron chi connectivity index (χ3n) is 2.57. The van der Waals surface area contributed by atoms with Crippen molar-refractivity contribution in [1.82, 2.24) is 4.90 Å². The summed E-state index contributed by atoms with van der Waals surface area (Å²) in [4.78, 5) is 2.26. The van der Waals surface area contributed by atoms with E-state index < -0.39 is 0 Å². The van der Waals surface area contributed by atoms with Gasteiger partial charge >= 0.3 is 0 Å². The first-order valence-corrected chi connectivity index (χ1v) is 5.17. The smallest absolute Gasteiger partial charge is 0.0615 e. The molecule has 3 nitrogen and oxygen atoms in total. The lowest BCUT2D eigenvalue weighted by Gasteiger charge is -2.24. The first kappa shape index (κ1) is 12.0. The summed E-state index contributed by atoms with van der Waals surface area (Å²) < 4.78 is 5.12. The molecule has 1 atom stereocenters. The van der Waals surface area contributed by atoms with Gasteiger partial charge in [0.05, 0.1) is 6.61 Å². The SMILES string of the molecule is COCC(C)N(C)Cc1ccc(N)cc1. The Balaban J connectivity index is 2.50. The largest absolute Gasteiger partial charge is 0.399 e. The molecule has 1 unspecified atom stereocenters. The van der Waals surface area contributed by atoms with Crippen LogP contribution in [0.25, 0.3) is 0 Å². The van der Waals surface area contributed by atoms with Crippen LogP contribution in [0, 0.1) is 0 Å². The summed E-state index contributed by atoms with van der Waals surface area (Å²) in [7, 11) is 3.83. The molecule has 84 valence electrons. The predicted molar refractivity (Wildman–Crippen MR) is 63.7 cm³/mol.